The van der Waals surface area contributed by atoms with E-state index in [1.54, 1.807) is 18.2 Å². The molecule has 0 radical (unpaired) electrons. The second-order valence-electron chi connectivity index (χ2n) is 4.08. The largest absolute Gasteiger partial charge is 0.381 e. The van der Waals surface area contributed by atoms with Gasteiger partial charge < -0.3 is 4.74 Å². The number of hydrogen-bond acceptors (Lipinski definition) is 3. The van der Waals surface area contributed by atoms with E-state index in [1.807, 2.05) is 0 Å². The van der Waals surface area contributed by atoms with Gasteiger partial charge in [-0.2, -0.15) is 0 Å². The quantitative estimate of drug-likeness (QED) is 0.851. The standard InChI is InChI=1S/C11H13Br2NO3S/c12-8-1-2-10(13)11(7-8)18(15,16)14-9-3-5-17-6-4-9/h1-2,7,9,14H,3-6H2. The van der Waals surface area contributed by atoms with Gasteiger partial charge in [0.25, 0.3) is 0 Å². The van der Waals surface area contributed by atoms with Gasteiger partial charge in [-0.25, -0.2) is 13.1 Å². The van der Waals surface area contributed by atoms with Crippen LogP contribution in [0.5, 0.6) is 0 Å². The number of nitrogens with one attached hydrogen (secondary N) is 1. The van der Waals surface area contributed by atoms with Gasteiger partial charge in [0.2, 0.25) is 10.0 Å². The van der Waals surface area contributed by atoms with E-state index in [9.17, 15) is 8.42 Å². The van der Waals surface area contributed by atoms with Gasteiger partial charge in [-0.3, -0.25) is 0 Å². The van der Waals surface area contributed by atoms with Crippen LogP contribution in [0.2, 0.25) is 0 Å². The molecular weight excluding hydrogens is 386 g/mol. The number of sulfonamides is 1. The van der Waals surface area contributed by atoms with Crippen LogP contribution in [0.25, 0.3) is 0 Å². The van der Waals surface area contributed by atoms with E-state index < -0.39 is 10.0 Å². The monoisotopic (exact) mass is 397 g/mol. The highest BCUT2D eigenvalue weighted by molar-refractivity contribution is 9.11. The number of rotatable bonds is 3. The molecule has 0 spiro atoms. The predicted octanol–water partition coefficient (Wildman–Crippen LogP) is 2.67. The van der Waals surface area contributed by atoms with Crippen molar-refractivity contribution in [2.45, 2.75) is 23.8 Å². The van der Waals surface area contributed by atoms with E-state index in [1.165, 1.54) is 0 Å². The third-order valence-corrected chi connectivity index (χ3v) is 5.73. The van der Waals surface area contributed by atoms with Crippen LogP contribution < -0.4 is 4.72 Å². The van der Waals surface area contributed by atoms with E-state index >= 15 is 0 Å². The lowest BCUT2D eigenvalue weighted by Gasteiger charge is -2.23. The lowest BCUT2D eigenvalue weighted by molar-refractivity contribution is 0.0832. The van der Waals surface area contributed by atoms with Gasteiger partial charge in [-0.1, -0.05) is 15.9 Å². The zero-order valence-corrected chi connectivity index (χ0v) is 13.5. The molecule has 100 valence electrons. The predicted molar refractivity (Wildman–Crippen MR) is 76.0 cm³/mol. The fourth-order valence-electron chi connectivity index (χ4n) is 1.78. The van der Waals surface area contributed by atoms with E-state index in [-0.39, 0.29) is 10.9 Å². The van der Waals surface area contributed by atoms with Gasteiger partial charge in [0, 0.05) is 28.2 Å². The van der Waals surface area contributed by atoms with Crippen LogP contribution in [0.3, 0.4) is 0 Å². The van der Waals surface area contributed by atoms with Crippen molar-refractivity contribution in [3.8, 4) is 0 Å². The Labute approximate surface area is 123 Å². The van der Waals surface area contributed by atoms with E-state index in [0.29, 0.717) is 30.5 Å². The molecule has 18 heavy (non-hydrogen) atoms. The summed E-state index contributed by atoms with van der Waals surface area (Å²) >= 11 is 6.55. The molecule has 0 bridgehead atoms. The maximum atomic E-state index is 12.3. The summed E-state index contributed by atoms with van der Waals surface area (Å²) in [5.74, 6) is 0. The first-order valence-electron chi connectivity index (χ1n) is 5.54. The minimum Gasteiger partial charge on any atom is -0.381 e. The lowest BCUT2D eigenvalue weighted by atomic mass is 10.1. The highest BCUT2D eigenvalue weighted by Crippen LogP contribution is 2.26. The molecule has 7 heteroatoms. The second-order valence-corrected chi connectivity index (χ2v) is 7.54. The van der Waals surface area contributed by atoms with Crippen LogP contribution >= 0.6 is 31.9 Å². The summed E-state index contributed by atoms with van der Waals surface area (Å²) in [6.45, 7) is 1.21. The third-order valence-electron chi connectivity index (χ3n) is 2.73. The third kappa shape index (κ3) is 3.54. The van der Waals surface area contributed by atoms with E-state index in [0.717, 1.165) is 4.47 Å². The van der Waals surface area contributed by atoms with Crippen LogP contribution in [0, 0.1) is 0 Å². The van der Waals surface area contributed by atoms with Crippen LogP contribution in [0.15, 0.2) is 32.0 Å². The Morgan fingerprint density at radius 2 is 1.89 bits per heavy atom. The molecule has 1 saturated heterocycles. The average Bonchev–Trinajstić information content (AvgIpc) is 2.33. The number of benzene rings is 1. The molecule has 0 unspecified atom stereocenters. The van der Waals surface area contributed by atoms with Gasteiger partial charge in [0.15, 0.2) is 0 Å². The van der Waals surface area contributed by atoms with Crippen molar-refractivity contribution in [1.29, 1.82) is 0 Å². The molecule has 0 amide bonds. The van der Waals surface area contributed by atoms with Crippen LogP contribution in [0.4, 0.5) is 0 Å². The number of ether oxygens (including phenoxy) is 1. The van der Waals surface area contributed by atoms with Crippen molar-refractivity contribution in [2.24, 2.45) is 0 Å². The van der Waals surface area contributed by atoms with Gasteiger partial charge in [-0.15, -0.1) is 0 Å². The topological polar surface area (TPSA) is 55.4 Å². The van der Waals surface area contributed by atoms with Crippen LogP contribution in [-0.4, -0.2) is 27.7 Å². The number of hydrogen-bond donors (Lipinski definition) is 1. The highest BCUT2D eigenvalue weighted by Gasteiger charge is 2.24. The molecule has 0 atom stereocenters. The SMILES string of the molecule is O=S(=O)(NC1CCOCC1)c1cc(Br)ccc1Br. The van der Waals surface area contributed by atoms with Gasteiger partial charge in [0.1, 0.15) is 0 Å². The Morgan fingerprint density at radius 1 is 1.22 bits per heavy atom. The Bertz CT molecular complexity index is 527. The molecule has 1 aromatic rings. The Hall–Kier alpha value is 0.0500. The molecule has 2 rings (SSSR count). The summed E-state index contributed by atoms with van der Waals surface area (Å²) in [5, 5.41) is 0. The van der Waals surface area contributed by atoms with Crippen molar-refractivity contribution in [3.05, 3.63) is 27.1 Å². The Kier molecular flexibility index (Phi) is 4.82. The summed E-state index contributed by atoms with van der Waals surface area (Å²) in [4.78, 5) is 0.253. The summed E-state index contributed by atoms with van der Waals surface area (Å²) in [6, 6.07) is 5.04. The average molecular weight is 399 g/mol. The summed E-state index contributed by atoms with van der Waals surface area (Å²) < 4.78 is 33.8. The zero-order chi connectivity index (χ0) is 13.2. The first-order valence-corrected chi connectivity index (χ1v) is 8.61. The first kappa shape index (κ1) is 14.5. The lowest BCUT2D eigenvalue weighted by Crippen LogP contribution is -2.38. The Morgan fingerprint density at radius 3 is 2.56 bits per heavy atom. The summed E-state index contributed by atoms with van der Waals surface area (Å²) in [6.07, 6.45) is 1.43. The molecular formula is C11H13Br2NO3S. The van der Waals surface area contributed by atoms with Crippen molar-refractivity contribution in [1.82, 2.24) is 4.72 Å². The molecule has 0 saturated carbocycles. The summed E-state index contributed by atoms with van der Waals surface area (Å²) in [7, 11) is -3.50. The zero-order valence-electron chi connectivity index (χ0n) is 9.53. The van der Waals surface area contributed by atoms with Gasteiger partial charge >= 0.3 is 0 Å². The maximum absolute atomic E-state index is 12.3. The number of halogens is 2. The Balaban J connectivity index is 2.21. The molecule has 1 aromatic carbocycles. The van der Waals surface area contributed by atoms with Crippen molar-refractivity contribution < 1.29 is 13.2 Å². The minimum atomic E-state index is -3.50. The summed E-state index contributed by atoms with van der Waals surface area (Å²) in [5.41, 5.74) is 0. The van der Waals surface area contributed by atoms with E-state index in [4.69, 9.17) is 4.74 Å². The fraction of sp³-hybridized carbons (Fsp3) is 0.455. The normalized spacial score (nSPS) is 17.9. The fourth-order valence-corrected chi connectivity index (χ4v) is 4.59. The van der Waals surface area contributed by atoms with Crippen LogP contribution in [-0.2, 0) is 14.8 Å². The molecule has 1 aliphatic heterocycles. The van der Waals surface area contributed by atoms with Gasteiger partial charge in [0.05, 0.1) is 4.90 Å². The molecule has 4 nitrogen and oxygen atoms in total. The molecule has 1 heterocycles. The van der Waals surface area contributed by atoms with Crippen molar-refractivity contribution in [2.75, 3.05) is 13.2 Å². The van der Waals surface area contributed by atoms with Gasteiger partial charge in [-0.05, 0) is 47.0 Å². The van der Waals surface area contributed by atoms with E-state index in [2.05, 4.69) is 36.6 Å². The maximum Gasteiger partial charge on any atom is 0.241 e. The first-order chi connectivity index (χ1) is 8.49. The molecule has 1 aliphatic rings. The van der Waals surface area contributed by atoms with Crippen molar-refractivity contribution >= 4 is 41.9 Å². The smallest absolute Gasteiger partial charge is 0.241 e. The molecule has 1 fully saturated rings. The molecule has 0 aromatic heterocycles. The van der Waals surface area contributed by atoms with Crippen molar-refractivity contribution in [3.63, 3.8) is 0 Å². The van der Waals surface area contributed by atoms with Crippen LogP contribution in [0.1, 0.15) is 12.8 Å². The second kappa shape index (κ2) is 6.00. The highest BCUT2D eigenvalue weighted by atomic mass is 79.9. The molecule has 0 aliphatic carbocycles. The molecule has 1 N–H and O–H groups in total. The minimum absolute atomic E-state index is 0.0466.